The van der Waals surface area contributed by atoms with Gasteiger partial charge in [-0.2, -0.15) is 0 Å². The molecule has 1 amide bonds. The lowest BCUT2D eigenvalue weighted by atomic mass is 10.2. The lowest BCUT2D eigenvalue weighted by Gasteiger charge is -2.33. The Morgan fingerprint density at radius 3 is 2.58 bits per heavy atom. The van der Waals surface area contributed by atoms with E-state index in [2.05, 4.69) is 4.90 Å². The van der Waals surface area contributed by atoms with Crippen LogP contribution in [0.3, 0.4) is 0 Å². The average Bonchev–Trinajstić information content (AvgIpc) is 2.80. The van der Waals surface area contributed by atoms with Gasteiger partial charge in [0.15, 0.2) is 5.76 Å². The Hall–Kier alpha value is -1.33. The predicted molar refractivity (Wildman–Crippen MR) is 72.3 cm³/mol. The highest BCUT2D eigenvalue weighted by Crippen LogP contribution is 2.17. The number of furan rings is 1. The normalized spacial score (nSPS) is 16.9. The fourth-order valence-corrected chi connectivity index (χ4v) is 2.45. The third kappa shape index (κ3) is 3.16. The highest BCUT2D eigenvalue weighted by molar-refractivity contribution is 5.91. The molecule has 5 heteroatoms. The summed E-state index contributed by atoms with van der Waals surface area (Å²) in [5.41, 5.74) is 1.05. The van der Waals surface area contributed by atoms with Crippen molar-refractivity contribution in [1.29, 1.82) is 0 Å². The minimum Gasteiger partial charge on any atom is -0.456 e. The minimum atomic E-state index is -0.0218. The summed E-state index contributed by atoms with van der Waals surface area (Å²) in [7, 11) is 0. The van der Waals surface area contributed by atoms with Gasteiger partial charge in [-0.15, -0.1) is 0 Å². The standard InChI is InChI=1S/C14H22N2O3/c1-3-12-11(2)10-13(19-12)14(18)16-6-4-15(5-7-16)8-9-17/h10,17H,3-9H2,1-2H3. The van der Waals surface area contributed by atoms with E-state index in [1.54, 1.807) is 0 Å². The van der Waals surface area contributed by atoms with E-state index in [0.29, 0.717) is 25.4 Å². The number of carbonyl (C=O) groups is 1. The first-order valence-electron chi connectivity index (χ1n) is 6.87. The molecule has 1 fully saturated rings. The number of β-amino-alcohol motifs (C(OH)–C–C–N with tert-alkyl or cyclic N) is 1. The molecule has 2 rings (SSSR count). The first-order chi connectivity index (χ1) is 9.15. The lowest BCUT2D eigenvalue weighted by molar-refractivity contribution is 0.0583. The molecule has 1 aliphatic heterocycles. The summed E-state index contributed by atoms with van der Waals surface area (Å²) >= 11 is 0. The SMILES string of the molecule is CCc1oc(C(=O)N2CCN(CCO)CC2)cc1C. The van der Waals surface area contributed by atoms with Crippen molar-refractivity contribution in [1.82, 2.24) is 9.80 Å². The van der Waals surface area contributed by atoms with E-state index in [4.69, 9.17) is 9.52 Å². The predicted octanol–water partition coefficient (Wildman–Crippen LogP) is 0.901. The van der Waals surface area contributed by atoms with Gasteiger partial charge >= 0.3 is 0 Å². The van der Waals surface area contributed by atoms with Gasteiger partial charge in [-0.25, -0.2) is 0 Å². The van der Waals surface area contributed by atoms with Gasteiger partial charge in [0, 0.05) is 39.1 Å². The van der Waals surface area contributed by atoms with Crippen LogP contribution in [-0.4, -0.2) is 60.1 Å². The maximum atomic E-state index is 12.3. The van der Waals surface area contributed by atoms with Crippen LogP contribution < -0.4 is 0 Å². The van der Waals surface area contributed by atoms with Crippen LogP contribution in [0.1, 0.15) is 28.8 Å². The summed E-state index contributed by atoms with van der Waals surface area (Å²) in [6.07, 6.45) is 0.809. The summed E-state index contributed by atoms with van der Waals surface area (Å²) in [5.74, 6) is 1.32. The van der Waals surface area contributed by atoms with Crippen molar-refractivity contribution in [3.8, 4) is 0 Å². The Balaban J connectivity index is 1.97. The third-order valence-electron chi connectivity index (χ3n) is 3.63. The first-order valence-corrected chi connectivity index (χ1v) is 6.87. The monoisotopic (exact) mass is 266 g/mol. The Morgan fingerprint density at radius 2 is 2.05 bits per heavy atom. The molecule has 1 saturated heterocycles. The average molecular weight is 266 g/mol. The van der Waals surface area contributed by atoms with Crippen LogP contribution in [0.25, 0.3) is 0 Å². The van der Waals surface area contributed by atoms with Crippen molar-refractivity contribution < 1.29 is 14.3 Å². The largest absolute Gasteiger partial charge is 0.456 e. The fraction of sp³-hybridized carbons (Fsp3) is 0.643. The number of carbonyl (C=O) groups excluding carboxylic acids is 1. The van der Waals surface area contributed by atoms with Crippen LogP contribution in [0.4, 0.5) is 0 Å². The highest BCUT2D eigenvalue weighted by Gasteiger charge is 2.24. The highest BCUT2D eigenvalue weighted by atomic mass is 16.4. The number of hydrogen-bond acceptors (Lipinski definition) is 4. The van der Waals surface area contributed by atoms with E-state index in [1.165, 1.54) is 0 Å². The Labute approximate surface area is 113 Å². The van der Waals surface area contributed by atoms with Crippen LogP contribution in [0, 0.1) is 6.92 Å². The second-order valence-corrected chi connectivity index (χ2v) is 4.93. The van der Waals surface area contributed by atoms with E-state index in [-0.39, 0.29) is 12.5 Å². The first kappa shape index (κ1) is 14.1. The molecular weight excluding hydrogens is 244 g/mol. The van der Waals surface area contributed by atoms with E-state index in [1.807, 2.05) is 24.8 Å². The lowest BCUT2D eigenvalue weighted by Crippen LogP contribution is -2.49. The summed E-state index contributed by atoms with van der Waals surface area (Å²) in [6.45, 7) is 7.86. The zero-order valence-electron chi connectivity index (χ0n) is 11.7. The molecule has 5 nitrogen and oxygen atoms in total. The van der Waals surface area contributed by atoms with Gasteiger partial charge in [0.1, 0.15) is 5.76 Å². The van der Waals surface area contributed by atoms with Crippen molar-refractivity contribution in [3.63, 3.8) is 0 Å². The Kier molecular flexibility index (Phi) is 4.61. The summed E-state index contributed by atoms with van der Waals surface area (Å²) < 4.78 is 5.61. The number of amides is 1. The van der Waals surface area contributed by atoms with Crippen LogP contribution >= 0.6 is 0 Å². The Bertz CT molecular complexity index is 434. The van der Waals surface area contributed by atoms with Crippen LogP contribution in [-0.2, 0) is 6.42 Å². The second-order valence-electron chi connectivity index (χ2n) is 4.93. The van der Waals surface area contributed by atoms with E-state index >= 15 is 0 Å². The van der Waals surface area contributed by atoms with Gasteiger partial charge in [-0.05, 0) is 18.6 Å². The summed E-state index contributed by atoms with van der Waals surface area (Å²) in [6, 6.07) is 1.83. The molecule has 0 aliphatic carbocycles. The molecule has 1 aromatic heterocycles. The van der Waals surface area contributed by atoms with Gasteiger partial charge in [0.05, 0.1) is 6.61 Å². The minimum absolute atomic E-state index is 0.0218. The molecule has 0 atom stereocenters. The zero-order chi connectivity index (χ0) is 13.8. The van der Waals surface area contributed by atoms with Gasteiger partial charge in [-0.1, -0.05) is 6.92 Å². The smallest absolute Gasteiger partial charge is 0.289 e. The zero-order valence-corrected chi connectivity index (χ0v) is 11.7. The number of nitrogens with zero attached hydrogens (tertiary/aromatic N) is 2. The molecule has 1 aromatic rings. The van der Waals surface area contributed by atoms with Crippen molar-refractivity contribution in [2.45, 2.75) is 20.3 Å². The maximum absolute atomic E-state index is 12.3. The van der Waals surface area contributed by atoms with Crippen LogP contribution in [0.15, 0.2) is 10.5 Å². The topological polar surface area (TPSA) is 56.9 Å². The summed E-state index contributed by atoms with van der Waals surface area (Å²) in [4.78, 5) is 16.3. The van der Waals surface area contributed by atoms with E-state index < -0.39 is 0 Å². The van der Waals surface area contributed by atoms with E-state index in [9.17, 15) is 4.79 Å². The molecule has 0 spiro atoms. The quantitative estimate of drug-likeness (QED) is 0.879. The van der Waals surface area contributed by atoms with Crippen molar-refractivity contribution in [3.05, 3.63) is 23.2 Å². The summed E-state index contributed by atoms with van der Waals surface area (Å²) in [5, 5.41) is 8.89. The fourth-order valence-electron chi connectivity index (χ4n) is 2.45. The number of rotatable bonds is 4. The van der Waals surface area contributed by atoms with Crippen LogP contribution in [0.2, 0.25) is 0 Å². The van der Waals surface area contributed by atoms with Crippen molar-refractivity contribution in [2.24, 2.45) is 0 Å². The van der Waals surface area contributed by atoms with Gasteiger partial charge < -0.3 is 14.4 Å². The number of hydrogen-bond donors (Lipinski definition) is 1. The number of aliphatic hydroxyl groups is 1. The second kappa shape index (κ2) is 6.21. The Morgan fingerprint density at radius 1 is 1.37 bits per heavy atom. The molecule has 0 aromatic carbocycles. The van der Waals surface area contributed by atoms with Gasteiger partial charge in [0.25, 0.3) is 5.91 Å². The van der Waals surface area contributed by atoms with Gasteiger partial charge in [0.2, 0.25) is 0 Å². The molecule has 0 saturated carbocycles. The number of aryl methyl sites for hydroxylation is 2. The molecule has 1 aliphatic rings. The molecule has 0 radical (unpaired) electrons. The molecule has 106 valence electrons. The van der Waals surface area contributed by atoms with Gasteiger partial charge in [-0.3, -0.25) is 9.69 Å². The third-order valence-corrected chi connectivity index (χ3v) is 3.63. The van der Waals surface area contributed by atoms with Crippen molar-refractivity contribution in [2.75, 3.05) is 39.3 Å². The molecule has 2 heterocycles. The molecule has 0 bridgehead atoms. The molecule has 19 heavy (non-hydrogen) atoms. The van der Waals surface area contributed by atoms with E-state index in [0.717, 1.165) is 30.8 Å². The molecule has 0 unspecified atom stereocenters. The maximum Gasteiger partial charge on any atom is 0.289 e. The van der Waals surface area contributed by atoms with Crippen molar-refractivity contribution >= 4 is 5.91 Å². The number of piperazine rings is 1. The molecule has 1 N–H and O–H groups in total. The van der Waals surface area contributed by atoms with Crippen LogP contribution in [0.5, 0.6) is 0 Å². The number of aliphatic hydroxyl groups excluding tert-OH is 1. The molecular formula is C14H22N2O3.